The van der Waals surface area contributed by atoms with Crippen LogP contribution in [0.2, 0.25) is 0 Å². The Kier molecular flexibility index (Phi) is 8.49. The number of allylic oxidation sites excluding steroid dienone is 2. The van der Waals surface area contributed by atoms with E-state index in [1.165, 1.54) is 47.0 Å². The molecule has 4 heteroatoms. The summed E-state index contributed by atoms with van der Waals surface area (Å²) in [5.74, 6) is -0.0625. The second-order valence-corrected chi connectivity index (χ2v) is 8.68. The van der Waals surface area contributed by atoms with Gasteiger partial charge < -0.3 is 10.1 Å². The van der Waals surface area contributed by atoms with Gasteiger partial charge in [-0.3, -0.25) is 4.79 Å². The second-order valence-electron chi connectivity index (χ2n) is 8.68. The topological polar surface area (TPSA) is 50.2 Å². The third kappa shape index (κ3) is 6.12. The third-order valence-corrected chi connectivity index (χ3v) is 5.00. The Bertz CT molecular complexity index is 1260. The van der Waals surface area contributed by atoms with Gasteiger partial charge in [0.15, 0.2) is 5.78 Å². The van der Waals surface area contributed by atoms with Crippen molar-refractivity contribution in [3.8, 4) is 11.3 Å². The van der Waals surface area contributed by atoms with Gasteiger partial charge in [-0.15, -0.1) is 29.1 Å². The van der Waals surface area contributed by atoms with Crippen LogP contribution in [0.4, 0.5) is 0 Å². The first kappa shape index (κ1) is 25.4. The minimum Gasteiger partial charge on any atom is -0.512 e. The Morgan fingerprint density at radius 3 is 2.31 bits per heavy atom. The number of fused-ring (bicyclic) bond motifs is 2. The summed E-state index contributed by atoms with van der Waals surface area (Å²) in [6.07, 6.45) is 3.05. The van der Waals surface area contributed by atoms with Crippen LogP contribution in [-0.4, -0.2) is 15.9 Å². The number of rotatable bonds is 2. The van der Waals surface area contributed by atoms with E-state index >= 15 is 0 Å². The Labute approximate surface area is 203 Å². The molecule has 4 aromatic rings. The minimum absolute atomic E-state index is 0. The molecule has 0 aliphatic rings. The van der Waals surface area contributed by atoms with Crippen LogP contribution in [0.5, 0.6) is 0 Å². The number of carbonyl (C=O) groups is 1. The number of aliphatic hydroxyl groups excluding tert-OH is 1. The molecule has 1 aromatic heterocycles. The van der Waals surface area contributed by atoms with Gasteiger partial charge in [-0.05, 0) is 47.4 Å². The zero-order chi connectivity index (χ0) is 22.6. The fraction of sp³-hybridized carbons (Fsp3) is 0.214. The first-order chi connectivity index (χ1) is 14.7. The van der Waals surface area contributed by atoms with Crippen molar-refractivity contribution in [2.45, 2.75) is 40.0 Å². The smallest absolute Gasteiger partial charge is 0.155 e. The van der Waals surface area contributed by atoms with Crippen LogP contribution in [0.25, 0.3) is 32.8 Å². The molecule has 0 fully saturated rings. The van der Waals surface area contributed by atoms with Crippen LogP contribution in [0.15, 0.2) is 78.7 Å². The summed E-state index contributed by atoms with van der Waals surface area (Å²) < 4.78 is 0. The molecular formula is C28H28IrNO2-. The van der Waals surface area contributed by atoms with E-state index in [4.69, 9.17) is 5.11 Å². The zero-order valence-electron chi connectivity index (χ0n) is 19.1. The van der Waals surface area contributed by atoms with Crippen LogP contribution < -0.4 is 0 Å². The molecule has 3 nitrogen and oxygen atoms in total. The summed E-state index contributed by atoms with van der Waals surface area (Å²) in [4.78, 5) is 14.7. The summed E-state index contributed by atoms with van der Waals surface area (Å²) in [6.45, 7) is 9.59. The van der Waals surface area contributed by atoms with Gasteiger partial charge in [0, 0.05) is 32.4 Å². The second kappa shape index (κ2) is 10.7. The molecule has 0 saturated carbocycles. The molecule has 167 valence electrons. The number of hydrogen-bond donors (Lipinski definition) is 1. The van der Waals surface area contributed by atoms with Crippen molar-refractivity contribution in [3.05, 3.63) is 90.3 Å². The summed E-state index contributed by atoms with van der Waals surface area (Å²) in [6, 6.07) is 24.7. The molecule has 0 unspecified atom stereocenters. The maximum atomic E-state index is 10.0. The van der Waals surface area contributed by atoms with Gasteiger partial charge in [0.25, 0.3) is 0 Å². The number of ketones is 1. The summed E-state index contributed by atoms with van der Waals surface area (Å²) in [5, 5.41) is 13.2. The van der Waals surface area contributed by atoms with E-state index in [9.17, 15) is 4.79 Å². The molecule has 0 atom stereocenters. The fourth-order valence-corrected chi connectivity index (χ4v) is 3.50. The van der Waals surface area contributed by atoms with Crippen molar-refractivity contribution in [1.29, 1.82) is 0 Å². The maximum absolute atomic E-state index is 10.0. The first-order valence-electron chi connectivity index (χ1n) is 10.3. The van der Waals surface area contributed by atoms with E-state index < -0.39 is 0 Å². The number of hydrogen-bond acceptors (Lipinski definition) is 3. The molecule has 0 aliphatic heterocycles. The molecule has 0 spiro atoms. The van der Waals surface area contributed by atoms with Crippen LogP contribution in [0.3, 0.4) is 0 Å². The largest absolute Gasteiger partial charge is 0.512 e. The molecule has 0 bridgehead atoms. The van der Waals surface area contributed by atoms with Crippen molar-refractivity contribution in [2.75, 3.05) is 0 Å². The van der Waals surface area contributed by atoms with E-state index in [1.807, 2.05) is 12.3 Å². The SMILES string of the molecule is CC(=O)/C=C(/C)O.CC(C)(C)c1ccc2c(-c3nccc4ccccc34)[c-]ccc2c1.[Ir]. The molecule has 1 heterocycles. The molecule has 1 radical (unpaired) electrons. The third-order valence-electron chi connectivity index (χ3n) is 5.00. The molecular weight excluding hydrogens is 575 g/mol. The number of nitrogens with zero attached hydrogens (tertiary/aromatic N) is 1. The number of aromatic nitrogens is 1. The molecule has 32 heavy (non-hydrogen) atoms. The van der Waals surface area contributed by atoms with Gasteiger partial charge in [-0.2, -0.15) is 0 Å². The van der Waals surface area contributed by atoms with Crippen LogP contribution in [0.1, 0.15) is 40.2 Å². The van der Waals surface area contributed by atoms with Crippen molar-refractivity contribution in [2.24, 2.45) is 0 Å². The Morgan fingerprint density at radius 2 is 1.69 bits per heavy atom. The van der Waals surface area contributed by atoms with E-state index in [-0.39, 0.29) is 37.1 Å². The predicted molar refractivity (Wildman–Crippen MR) is 129 cm³/mol. The van der Waals surface area contributed by atoms with Gasteiger partial charge in [-0.1, -0.05) is 68.6 Å². The van der Waals surface area contributed by atoms with Crippen LogP contribution in [-0.2, 0) is 30.3 Å². The van der Waals surface area contributed by atoms with E-state index in [0.717, 1.165) is 11.3 Å². The molecule has 1 N–H and O–H groups in total. The van der Waals surface area contributed by atoms with Crippen molar-refractivity contribution in [3.63, 3.8) is 0 Å². The first-order valence-corrected chi connectivity index (χ1v) is 10.3. The molecule has 0 saturated heterocycles. The number of benzene rings is 3. The van der Waals surface area contributed by atoms with E-state index in [2.05, 4.69) is 86.4 Å². The predicted octanol–water partition coefficient (Wildman–Crippen LogP) is 7.19. The van der Waals surface area contributed by atoms with Crippen molar-refractivity contribution in [1.82, 2.24) is 4.98 Å². The monoisotopic (exact) mass is 603 g/mol. The van der Waals surface area contributed by atoms with Gasteiger partial charge in [0.2, 0.25) is 0 Å². The average molecular weight is 603 g/mol. The van der Waals surface area contributed by atoms with Gasteiger partial charge >= 0.3 is 0 Å². The zero-order valence-corrected chi connectivity index (χ0v) is 21.5. The summed E-state index contributed by atoms with van der Waals surface area (Å²) in [5.41, 5.74) is 3.57. The molecule has 0 aliphatic carbocycles. The average Bonchev–Trinajstić information content (AvgIpc) is 2.71. The Hall–Kier alpha value is -2.81. The van der Waals surface area contributed by atoms with Gasteiger partial charge in [-0.25, -0.2) is 0 Å². The summed E-state index contributed by atoms with van der Waals surface area (Å²) >= 11 is 0. The van der Waals surface area contributed by atoms with Gasteiger partial charge in [0.05, 0.1) is 5.76 Å². The molecule has 0 amide bonds. The standard InChI is InChI=1S/C23H20N.C5H8O2.Ir/c1-23(2,3)18-11-12-19-17(15-18)8-6-10-21(19)22-20-9-5-4-7-16(20)13-14-24-22;1-4(6)3-5(2)7;/h4-9,11-15H,1-3H3;3,6H,1-2H3;/q-1;;/b;4-3-;. The Morgan fingerprint density at radius 1 is 0.969 bits per heavy atom. The number of pyridine rings is 1. The fourth-order valence-electron chi connectivity index (χ4n) is 3.50. The van der Waals surface area contributed by atoms with E-state index in [1.54, 1.807) is 0 Å². The quantitative estimate of drug-likeness (QED) is 0.150. The summed E-state index contributed by atoms with van der Waals surface area (Å²) in [7, 11) is 0. The normalized spacial score (nSPS) is 11.5. The number of carbonyl (C=O) groups excluding carboxylic acids is 1. The van der Waals surface area contributed by atoms with Crippen molar-refractivity contribution >= 4 is 27.3 Å². The molecule has 4 rings (SSSR count). The minimum atomic E-state index is -0.125. The van der Waals surface area contributed by atoms with Gasteiger partial charge in [0.1, 0.15) is 0 Å². The van der Waals surface area contributed by atoms with Crippen molar-refractivity contribution < 1.29 is 30.0 Å². The van der Waals surface area contributed by atoms with E-state index in [0.29, 0.717) is 0 Å². The maximum Gasteiger partial charge on any atom is 0.155 e. The Balaban J connectivity index is 0.000000398. The van der Waals surface area contributed by atoms with Crippen LogP contribution in [0, 0.1) is 6.07 Å². The number of aliphatic hydroxyl groups is 1. The van der Waals surface area contributed by atoms with Crippen LogP contribution >= 0.6 is 0 Å². The molecule has 3 aromatic carbocycles.